The second-order valence-corrected chi connectivity index (χ2v) is 2.51. The number of unbranched alkanes of at least 4 members (excludes halogenated alkanes) is 1. The summed E-state index contributed by atoms with van der Waals surface area (Å²) in [7, 11) is 3.55. The van der Waals surface area contributed by atoms with Gasteiger partial charge >= 0.3 is 0 Å². The van der Waals surface area contributed by atoms with Crippen LogP contribution in [-0.2, 0) is 4.74 Å². The van der Waals surface area contributed by atoms with E-state index in [1.165, 1.54) is 0 Å². The van der Waals surface area contributed by atoms with Gasteiger partial charge in [0, 0.05) is 0 Å². The molecule has 1 atom stereocenters. The molecule has 0 spiro atoms. The van der Waals surface area contributed by atoms with Crippen LogP contribution in [0.3, 0.4) is 0 Å². The third-order valence-corrected chi connectivity index (χ3v) is 1.21. The summed E-state index contributed by atoms with van der Waals surface area (Å²) < 4.78 is 5.03. The van der Waals surface area contributed by atoms with Crippen molar-refractivity contribution in [3.8, 4) is 0 Å². The molecule has 0 rings (SSSR count). The zero-order chi connectivity index (χ0) is 7.98. The molecule has 0 aromatic carbocycles. The summed E-state index contributed by atoms with van der Waals surface area (Å²) in [5.41, 5.74) is 0. The van der Waals surface area contributed by atoms with Crippen molar-refractivity contribution in [3.05, 3.63) is 0 Å². The topological polar surface area (TPSA) is 32.7 Å². The Bertz CT molecular complexity index is 76.0. The van der Waals surface area contributed by atoms with Crippen molar-refractivity contribution in [2.24, 2.45) is 0 Å². The predicted octanol–water partition coefficient (Wildman–Crippen LogP) is 0.641. The summed E-state index contributed by atoms with van der Waals surface area (Å²) in [6.45, 7) is 2.72. The quantitative estimate of drug-likeness (QED) is 0.457. The first-order chi connectivity index (χ1) is 4.68. The van der Waals surface area contributed by atoms with Crippen LogP contribution in [0.4, 0.5) is 0 Å². The monoisotopic (exact) mass is 147 g/mol. The predicted molar refractivity (Wildman–Crippen MR) is 40.6 cm³/mol. The van der Waals surface area contributed by atoms with E-state index in [4.69, 9.17) is 9.84 Å². The number of hydrogen-bond donors (Lipinski definition) is 1. The Labute approximate surface area is 62.6 Å². The molecule has 1 unspecified atom stereocenters. The highest BCUT2D eigenvalue weighted by Gasteiger charge is 2.03. The van der Waals surface area contributed by atoms with Crippen LogP contribution in [0, 0.1) is 0 Å². The minimum atomic E-state index is -0.744. The second kappa shape index (κ2) is 5.65. The first kappa shape index (κ1) is 9.88. The fourth-order valence-electron chi connectivity index (χ4n) is 0.482. The zero-order valence-electron chi connectivity index (χ0n) is 7.00. The van der Waals surface area contributed by atoms with Crippen LogP contribution in [0.2, 0.25) is 0 Å². The molecule has 0 saturated carbocycles. The first-order valence-electron chi connectivity index (χ1n) is 3.64. The maximum Gasteiger partial charge on any atom is 0.215 e. The van der Waals surface area contributed by atoms with E-state index in [0.29, 0.717) is 6.61 Å². The van der Waals surface area contributed by atoms with Gasteiger partial charge in [0.1, 0.15) is 0 Å². The molecule has 0 aromatic heterocycles. The molecule has 0 fully saturated rings. The minimum Gasteiger partial charge on any atom is -0.356 e. The molecule has 0 aliphatic heterocycles. The van der Waals surface area contributed by atoms with Crippen molar-refractivity contribution in [2.75, 3.05) is 20.7 Å². The Morgan fingerprint density at radius 1 is 1.50 bits per heavy atom. The fourth-order valence-corrected chi connectivity index (χ4v) is 0.482. The van der Waals surface area contributed by atoms with Gasteiger partial charge in [-0.2, -0.15) is 0 Å². The number of nitrogens with zero attached hydrogens (tertiary/aromatic N) is 1. The molecule has 62 valence electrons. The van der Waals surface area contributed by atoms with E-state index in [9.17, 15) is 0 Å². The highest BCUT2D eigenvalue weighted by atomic mass is 16.6. The molecule has 1 N–H and O–H groups in total. The lowest BCUT2D eigenvalue weighted by Crippen LogP contribution is -2.30. The molecule has 0 aliphatic rings. The fraction of sp³-hybridized carbons (Fsp3) is 1.00. The van der Waals surface area contributed by atoms with Crippen LogP contribution in [-0.4, -0.2) is 37.1 Å². The van der Waals surface area contributed by atoms with Gasteiger partial charge in [-0.3, -0.25) is 4.90 Å². The van der Waals surface area contributed by atoms with E-state index >= 15 is 0 Å². The molecular formula is C7H17NO2. The molecule has 3 heteroatoms. The van der Waals surface area contributed by atoms with Crippen molar-refractivity contribution < 1.29 is 9.84 Å². The second-order valence-electron chi connectivity index (χ2n) is 2.51. The molecule has 3 nitrogen and oxygen atoms in total. The maximum atomic E-state index is 9.06. The highest BCUT2D eigenvalue weighted by molar-refractivity contribution is 4.36. The molecule has 0 saturated heterocycles. The number of aliphatic hydroxyl groups is 1. The number of ether oxygens (including phenoxy) is 1. The molecule has 0 aliphatic carbocycles. The van der Waals surface area contributed by atoms with Crippen molar-refractivity contribution in [1.29, 1.82) is 0 Å². The summed E-state index contributed by atoms with van der Waals surface area (Å²) in [6.07, 6.45) is 1.36. The third kappa shape index (κ3) is 4.73. The van der Waals surface area contributed by atoms with Gasteiger partial charge in [0.05, 0.1) is 6.61 Å². The molecule has 10 heavy (non-hydrogen) atoms. The van der Waals surface area contributed by atoms with Crippen LogP contribution >= 0.6 is 0 Å². The molecule has 0 radical (unpaired) electrons. The molecule has 0 bridgehead atoms. The lowest BCUT2D eigenvalue weighted by atomic mass is 10.4. The van der Waals surface area contributed by atoms with E-state index in [0.717, 1.165) is 12.8 Å². The minimum absolute atomic E-state index is 0.635. The van der Waals surface area contributed by atoms with Gasteiger partial charge in [0.15, 0.2) is 0 Å². The normalized spacial score (nSPS) is 14.1. The van der Waals surface area contributed by atoms with E-state index in [1.807, 2.05) is 0 Å². The largest absolute Gasteiger partial charge is 0.356 e. The Morgan fingerprint density at radius 3 is 2.50 bits per heavy atom. The van der Waals surface area contributed by atoms with Gasteiger partial charge < -0.3 is 9.84 Å². The van der Waals surface area contributed by atoms with Gasteiger partial charge in [-0.05, 0) is 20.5 Å². The average molecular weight is 147 g/mol. The van der Waals surface area contributed by atoms with Crippen molar-refractivity contribution in [1.82, 2.24) is 4.90 Å². The summed E-state index contributed by atoms with van der Waals surface area (Å²) in [5.74, 6) is 0. The number of aliphatic hydroxyl groups excluding tert-OH is 1. The van der Waals surface area contributed by atoms with Crippen molar-refractivity contribution in [3.63, 3.8) is 0 Å². The standard InChI is InChI=1S/C7H17NO2/c1-4-5-6-10-7(9)8(2)3/h7,9H,4-6H2,1-3H3. The van der Waals surface area contributed by atoms with E-state index < -0.39 is 6.41 Å². The van der Waals surface area contributed by atoms with Gasteiger partial charge in [-0.25, -0.2) is 0 Å². The van der Waals surface area contributed by atoms with Gasteiger partial charge in [-0.1, -0.05) is 13.3 Å². The SMILES string of the molecule is CCCCOC(O)N(C)C. The van der Waals surface area contributed by atoms with Crippen LogP contribution < -0.4 is 0 Å². The van der Waals surface area contributed by atoms with Gasteiger partial charge in [0.25, 0.3) is 0 Å². The number of hydrogen-bond acceptors (Lipinski definition) is 3. The van der Waals surface area contributed by atoms with Gasteiger partial charge in [-0.15, -0.1) is 0 Å². The highest BCUT2D eigenvalue weighted by Crippen LogP contribution is 1.93. The summed E-state index contributed by atoms with van der Waals surface area (Å²) >= 11 is 0. The molecule has 0 aromatic rings. The van der Waals surface area contributed by atoms with E-state index in [1.54, 1.807) is 19.0 Å². The Morgan fingerprint density at radius 2 is 2.10 bits per heavy atom. The first-order valence-corrected chi connectivity index (χ1v) is 3.64. The zero-order valence-corrected chi connectivity index (χ0v) is 7.00. The maximum absolute atomic E-state index is 9.06. The Balaban J connectivity index is 3.13. The van der Waals surface area contributed by atoms with Crippen molar-refractivity contribution in [2.45, 2.75) is 26.2 Å². The molecular weight excluding hydrogens is 130 g/mol. The van der Waals surface area contributed by atoms with Crippen LogP contribution in [0.15, 0.2) is 0 Å². The van der Waals surface area contributed by atoms with Gasteiger partial charge in [0.2, 0.25) is 6.41 Å². The van der Waals surface area contributed by atoms with Crippen LogP contribution in [0.5, 0.6) is 0 Å². The van der Waals surface area contributed by atoms with Crippen LogP contribution in [0.25, 0.3) is 0 Å². The summed E-state index contributed by atoms with van der Waals surface area (Å²) in [6, 6.07) is 0. The van der Waals surface area contributed by atoms with E-state index in [2.05, 4.69) is 6.92 Å². The lowest BCUT2D eigenvalue weighted by molar-refractivity contribution is -0.177. The number of rotatable bonds is 5. The summed E-state index contributed by atoms with van der Waals surface area (Å²) in [5, 5.41) is 9.06. The third-order valence-electron chi connectivity index (χ3n) is 1.21. The Hall–Kier alpha value is -0.120. The molecule has 0 heterocycles. The smallest absolute Gasteiger partial charge is 0.215 e. The van der Waals surface area contributed by atoms with Crippen molar-refractivity contribution >= 4 is 0 Å². The molecule has 0 amide bonds. The van der Waals surface area contributed by atoms with Crippen LogP contribution in [0.1, 0.15) is 19.8 Å². The summed E-state index contributed by atoms with van der Waals surface area (Å²) in [4.78, 5) is 1.62. The average Bonchev–Trinajstić information content (AvgIpc) is 1.88. The Kier molecular flexibility index (Phi) is 5.58. The van der Waals surface area contributed by atoms with E-state index in [-0.39, 0.29) is 0 Å². The lowest BCUT2D eigenvalue weighted by Gasteiger charge is -2.17.